The fraction of sp³-hybridized carbons (Fsp3) is 0.500. The first kappa shape index (κ1) is 18.3. The van der Waals surface area contributed by atoms with Gasteiger partial charge < -0.3 is 15.6 Å². The number of carbonyl (C=O) groups excluding carboxylic acids is 2. The molecule has 0 aliphatic heterocycles. The lowest BCUT2D eigenvalue weighted by Gasteiger charge is -2.29. The second-order valence-electron chi connectivity index (χ2n) is 5.21. The van der Waals surface area contributed by atoms with E-state index in [-0.39, 0.29) is 18.6 Å². The summed E-state index contributed by atoms with van der Waals surface area (Å²) in [5, 5.41) is 10.1. The molecule has 0 saturated heterocycles. The van der Waals surface area contributed by atoms with Gasteiger partial charge in [0.2, 0.25) is 0 Å². The SMILES string of the molecule is CCCCC(=O)C(O)C(N)(CC)C(=O)Oc1cccc(F)c1. The van der Waals surface area contributed by atoms with Crippen LogP contribution in [0.25, 0.3) is 0 Å². The van der Waals surface area contributed by atoms with Gasteiger partial charge in [-0.05, 0) is 25.0 Å². The third-order valence-corrected chi connectivity index (χ3v) is 3.54. The van der Waals surface area contributed by atoms with Crippen LogP contribution in [0, 0.1) is 5.82 Å². The average molecular weight is 311 g/mol. The van der Waals surface area contributed by atoms with Crippen LogP contribution in [0.5, 0.6) is 5.75 Å². The van der Waals surface area contributed by atoms with E-state index in [1.807, 2.05) is 6.92 Å². The molecule has 22 heavy (non-hydrogen) atoms. The highest BCUT2D eigenvalue weighted by Gasteiger charge is 2.45. The van der Waals surface area contributed by atoms with Crippen LogP contribution in [0.15, 0.2) is 24.3 Å². The molecule has 1 rings (SSSR count). The highest BCUT2D eigenvalue weighted by atomic mass is 19.1. The van der Waals surface area contributed by atoms with E-state index >= 15 is 0 Å². The van der Waals surface area contributed by atoms with Crippen molar-refractivity contribution in [2.45, 2.75) is 51.2 Å². The maximum atomic E-state index is 13.1. The molecule has 0 amide bonds. The van der Waals surface area contributed by atoms with Crippen LogP contribution in [0.1, 0.15) is 39.5 Å². The Labute approximate surface area is 129 Å². The van der Waals surface area contributed by atoms with Crippen molar-refractivity contribution < 1.29 is 23.8 Å². The summed E-state index contributed by atoms with van der Waals surface area (Å²) in [5.41, 5.74) is 4.05. The van der Waals surface area contributed by atoms with Crippen LogP contribution in [0.3, 0.4) is 0 Å². The molecule has 0 aromatic heterocycles. The second-order valence-corrected chi connectivity index (χ2v) is 5.21. The van der Waals surface area contributed by atoms with Gasteiger partial charge in [0, 0.05) is 12.5 Å². The Balaban J connectivity index is 2.87. The molecule has 0 saturated carbocycles. The van der Waals surface area contributed by atoms with Crippen LogP contribution in [0.4, 0.5) is 4.39 Å². The Morgan fingerprint density at radius 3 is 2.64 bits per heavy atom. The van der Waals surface area contributed by atoms with E-state index in [0.29, 0.717) is 6.42 Å². The molecule has 0 radical (unpaired) electrons. The predicted molar refractivity (Wildman–Crippen MR) is 79.8 cm³/mol. The number of carbonyl (C=O) groups is 2. The lowest BCUT2D eigenvalue weighted by molar-refractivity contribution is -0.150. The first-order valence-electron chi connectivity index (χ1n) is 7.32. The summed E-state index contributed by atoms with van der Waals surface area (Å²) in [4.78, 5) is 24.1. The zero-order valence-electron chi connectivity index (χ0n) is 12.8. The molecule has 122 valence electrons. The zero-order valence-corrected chi connectivity index (χ0v) is 12.8. The van der Waals surface area contributed by atoms with Crippen molar-refractivity contribution in [3.63, 3.8) is 0 Å². The number of rotatable bonds is 8. The molecular formula is C16H22FNO4. The van der Waals surface area contributed by atoms with Gasteiger partial charge >= 0.3 is 5.97 Å². The minimum atomic E-state index is -1.85. The van der Waals surface area contributed by atoms with E-state index in [4.69, 9.17) is 10.5 Å². The quantitative estimate of drug-likeness (QED) is 0.566. The number of Topliss-reactive ketones (excluding diaryl/α,β-unsaturated/α-hetero) is 1. The normalized spacial score (nSPS) is 15.0. The molecule has 0 fully saturated rings. The van der Waals surface area contributed by atoms with Crippen LogP contribution in [-0.4, -0.2) is 28.5 Å². The third-order valence-electron chi connectivity index (χ3n) is 3.54. The topological polar surface area (TPSA) is 89.6 Å². The summed E-state index contributed by atoms with van der Waals surface area (Å²) in [6.07, 6.45) is -0.0979. The van der Waals surface area contributed by atoms with Gasteiger partial charge in [0.15, 0.2) is 5.78 Å². The van der Waals surface area contributed by atoms with Crippen molar-refractivity contribution in [1.29, 1.82) is 0 Å². The predicted octanol–water partition coefficient (Wildman–Crippen LogP) is 1.96. The van der Waals surface area contributed by atoms with Crippen LogP contribution < -0.4 is 10.5 Å². The third kappa shape index (κ3) is 4.35. The Morgan fingerprint density at radius 2 is 2.09 bits per heavy atom. The van der Waals surface area contributed by atoms with Gasteiger partial charge in [-0.3, -0.25) is 4.79 Å². The number of halogens is 1. The summed E-state index contributed by atoms with van der Waals surface area (Å²) in [7, 11) is 0. The molecule has 2 atom stereocenters. The molecule has 6 heteroatoms. The number of hydrogen-bond acceptors (Lipinski definition) is 5. The first-order chi connectivity index (χ1) is 10.3. The van der Waals surface area contributed by atoms with Crippen molar-refractivity contribution in [1.82, 2.24) is 0 Å². The van der Waals surface area contributed by atoms with Gasteiger partial charge in [-0.1, -0.05) is 26.3 Å². The molecule has 5 nitrogen and oxygen atoms in total. The molecular weight excluding hydrogens is 289 g/mol. The van der Waals surface area contributed by atoms with Crippen LogP contribution in [-0.2, 0) is 9.59 Å². The van der Waals surface area contributed by atoms with E-state index in [2.05, 4.69) is 0 Å². The van der Waals surface area contributed by atoms with E-state index in [1.165, 1.54) is 18.2 Å². The number of nitrogens with two attached hydrogens (primary N) is 1. The van der Waals surface area contributed by atoms with Crippen molar-refractivity contribution in [2.75, 3.05) is 0 Å². The minimum Gasteiger partial charge on any atom is -0.425 e. The summed E-state index contributed by atoms with van der Waals surface area (Å²) >= 11 is 0. The van der Waals surface area contributed by atoms with Gasteiger partial charge in [0.05, 0.1) is 0 Å². The number of benzene rings is 1. The molecule has 1 aromatic rings. The smallest absolute Gasteiger partial charge is 0.334 e. The van der Waals surface area contributed by atoms with E-state index in [9.17, 15) is 19.1 Å². The Hall–Kier alpha value is -1.79. The van der Waals surface area contributed by atoms with Gasteiger partial charge in [0.25, 0.3) is 0 Å². The molecule has 0 aliphatic carbocycles. The number of unbranched alkanes of at least 4 members (excludes halogenated alkanes) is 1. The molecule has 0 bridgehead atoms. The Bertz CT molecular complexity index is 535. The van der Waals surface area contributed by atoms with Gasteiger partial charge in [-0.2, -0.15) is 0 Å². The number of hydrogen-bond donors (Lipinski definition) is 2. The Kier molecular flexibility index (Phi) is 6.64. The summed E-state index contributed by atoms with van der Waals surface area (Å²) in [6, 6.07) is 5.00. The van der Waals surface area contributed by atoms with Crippen molar-refractivity contribution >= 4 is 11.8 Å². The highest BCUT2D eigenvalue weighted by molar-refractivity contribution is 5.94. The van der Waals surface area contributed by atoms with Crippen molar-refractivity contribution in [2.24, 2.45) is 5.73 Å². The number of esters is 1. The lowest BCUT2D eigenvalue weighted by Crippen LogP contribution is -2.61. The molecule has 2 unspecified atom stereocenters. The monoisotopic (exact) mass is 311 g/mol. The number of ether oxygens (including phenoxy) is 1. The molecule has 0 aliphatic rings. The number of aliphatic hydroxyl groups excluding tert-OH is 1. The van der Waals surface area contributed by atoms with Gasteiger partial charge in [-0.15, -0.1) is 0 Å². The number of aliphatic hydroxyl groups is 1. The Morgan fingerprint density at radius 1 is 1.41 bits per heavy atom. The van der Waals surface area contributed by atoms with Crippen molar-refractivity contribution in [3.05, 3.63) is 30.1 Å². The summed E-state index contributed by atoms with van der Waals surface area (Å²) in [5.74, 6) is -2.05. The molecule has 0 heterocycles. The largest absolute Gasteiger partial charge is 0.425 e. The number of ketones is 1. The van der Waals surface area contributed by atoms with Crippen LogP contribution >= 0.6 is 0 Å². The minimum absolute atomic E-state index is 0.0141. The van der Waals surface area contributed by atoms with Crippen molar-refractivity contribution in [3.8, 4) is 5.75 Å². The van der Waals surface area contributed by atoms with E-state index in [0.717, 1.165) is 12.5 Å². The maximum Gasteiger partial charge on any atom is 0.334 e. The van der Waals surface area contributed by atoms with E-state index in [1.54, 1.807) is 6.92 Å². The fourth-order valence-electron chi connectivity index (χ4n) is 1.96. The van der Waals surface area contributed by atoms with Gasteiger partial charge in [0.1, 0.15) is 23.2 Å². The van der Waals surface area contributed by atoms with Gasteiger partial charge in [-0.25, -0.2) is 9.18 Å². The van der Waals surface area contributed by atoms with Crippen LogP contribution in [0.2, 0.25) is 0 Å². The molecule has 1 aromatic carbocycles. The standard InChI is InChI=1S/C16H22FNO4/c1-3-5-9-13(19)14(20)16(18,4-2)15(21)22-12-8-6-7-11(17)10-12/h6-8,10,14,20H,3-5,9,18H2,1-2H3. The fourth-order valence-corrected chi connectivity index (χ4v) is 1.96. The lowest BCUT2D eigenvalue weighted by atomic mass is 9.86. The summed E-state index contributed by atoms with van der Waals surface area (Å²) < 4.78 is 18.1. The van der Waals surface area contributed by atoms with E-state index < -0.39 is 29.2 Å². The molecule has 0 spiro atoms. The molecule has 3 N–H and O–H groups in total. The highest BCUT2D eigenvalue weighted by Crippen LogP contribution is 2.20. The first-order valence-corrected chi connectivity index (χ1v) is 7.32. The average Bonchev–Trinajstić information content (AvgIpc) is 2.50. The second kappa shape index (κ2) is 8.00. The summed E-state index contributed by atoms with van der Waals surface area (Å²) in [6.45, 7) is 3.48. The zero-order chi connectivity index (χ0) is 16.8. The maximum absolute atomic E-state index is 13.1.